The second kappa shape index (κ2) is 12.3. The van der Waals surface area contributed by atoms with Crippen molar-refractivity contribution < 1.29 is 19.1 Å². The van der Waals surface area contributed by atoms with Crippen molar-refractivity contribution in [3.8, 4) is 10.6 Å². The van der Waals surface area contributed by atoms with Crippen LogP contribution in [0.15, 0.2) is 23.8 Å². The quantitative estimate of drug-likeness (QED) is 0.246. The summed E-state index contributed by atoms with van der Waals surface area (Å²) in [7, 11) is 0.414. The Morgan fingerprint density at radius 3 is 2.73 bits per heavy atom. The van der Waals surface area contributed by atoms with Crippen molar-refractivity contribution in [1.82, 2.24) is 24.8 Å². The second-order valence-electron chi connectivity index (χ2n) is 12.4. The smallest absolute Gasteiger partial charge is 0.410 e. The predicted octanol–water partition coefficient (Wildman–Crippen LogP) is 5.64. The molecule has 0 aromatic carbocycles. The molecule has 10 nitrogen and oxygen atoms in total. The van der Waals surface area contributed by atoms with Gasteiger partial charge in [0.1, 0.15) is 28.7 Å². The standard InChI is InChI=1S/C28H42N6O4SSi/c1-28(2,3)38-27(36)33-11-8-9-19(16-33)31-23-20-10-12-34(18-37-13-14-40(5,6)7)24(20)30-15-21(23)26-32-22(17-39-26)25(35)29-4/h10,12,15,17,19H,8-9,11,13-14,16,18H2,1-7H3,(H,29,35)(H,30,31)/t19-/m1/s1. The maximum Gasteiger partial charge on any atom is 0.410 e. The van der Waals surface area contributed by atoms with E-state index in [0.29, 0.717) is 30.5 Å². The second-order valence-corrected chi connectivity index (χ2v) is 18.9. The van der Waals surface area contributed by atoms with Crippen LogP contribution in [0, 0.1) is 0 Å². The molecule has 2 N–H and O–H groups in total. The Morgan fingerprint density at radius 2 is 2.02 bits per heavy atom. The fraction of sp³-hybridized carbons (Fsp3) is 0.571. The van der Waals surface area contributed by atoms with Gasteiger partial charge in [0.2, 0.25) is 0 Å². The topological polar surface area (TPSA) is 111 Å². The molecule has 0 saturated carbocycles. The third-order valence-electron chi connectivity index (χ3n) is 6.63. The molecule has 3 aromatic rings. The molecule has 12 heteroatoms. The molecule has 0 radical (unpaired) electrons. The van der Waals surface area contributed by atoms with E-state index < -0.39 is 13.7 Å². The van der Waals surface area contributed by atoms with E-state index in [1.165, 1.54) is 11.3 Å². The number of aromatic nitrogens is 3. The van der Waals surface area contributed by atoms with Gasteiger partial charge in [0.25, 0.3) is 5.91 Å². The minimum atomic E-state index is -1.18. The van der Waals surface area contributed by atoms with Crippen molar-refractivity contribution in [3.63, 3.8) is 0 Å². The highest BCUT2D eigenvalue weighted by molar-refractivity contribution is 7.13. The first kappa shape index (κ1) is 30.0. The van der Waals surface area contributed by atoms with Crippen LogP contribution in [-0.2, 0) is 16.2 Å². The van der Waals surface area contributed by atoms with Crippen molar-refractivity contribution in [2.45, 2.75) is 77.7 Å². The summed E-state index contributed by atoms with van der Waals surface area (Å²) >= 11 is 1.40. The van der Waals surface area contributed by atoms with Gasteiger partial charge in [0.15, 0.2) is 0 Å². The number of carbonyl (C=O) groups is 2. The van der Waals surface area contributed by atoms with Crippen LogP contribution in [0.1, 0.15) is 44.1 Å². The number of hydrogen-bond donors (Lipinski definition) is 2. The molecule has 218 valence electrons. The number of piperidine rings is 1. The fourth-order valence-corrected chi connectivity index (χ4v) is 6.10. The van der Waals surface area contributed by atoms with Crippen LogP contribution in [0.3, 0.4) is 0 Å². The zero-order valence-electron chi connectivity index (χ0n) is 24.7. The van der Waals surface area contributed by atoms with E-state index in [0.717, 1.165) is 47.8 Å². The van der Waals surface area contributed by atoms with Crippen molar-refractivity contribution in [1.29, 1.82) is 0 Å². The summed E-state index contributed by atoms with van der Waals surface area (Å²) in [6.45, 7) is 15.0. The molecule has 40 heavy (non-hydrogen) atoms. The number of amides is 2. The van der Waals surface area contributed by atoms with Gasteiger partial charge in [0.05, 0.1) is 11.3 Å². The molecule has 2 amide bonds. The highest BCUT2D eigenvalue weighted by Crippen LogP contribution is 2.37. The van der Waals surface area contributed by atoms with Crippen LogP contribution in [0.2, 0.25) is 25.7 Å². The molecular weight excluding hydrogens is 544 g/mol. The van der Waals surface area contributed by atoms with Crippen molar-refractivity contribution >= 4 is 48.1 Å². The number of fused-ring (bicyclic) bond motifs is 1. The summed E-state index contributed by atoms with van der Waals surface area (Å²) in [6.07, 6.45) is 5.28. The first-order valence-corrected chi connectivity index (χ1v) is 18.4. The van der Waals surface area contributed by atoms with E-state index in [4.69, 9.17) is 14.5 Å². The van der Waals surface area contributed by atoms with Gasteiger partial charge < -0.3 is 29.6 Å². The molecule has 1 saturated heterocycles. The Kier molecular flexibility index (Phi) is 9.21. The van der Waals surface area contributed by atoms with Gasteiger partial charge in [-0.05, 0) is 45.7 Å². The summed E-state index contributed by atoms with van der Waals surface area (Å²) in [5.74, 6) is -0.229. The lowest BCUT2D eigenvalue weighted by Crippen LogP contribution is -2.47. The average molecular weight is 587 g/mol. The zero-order valence-corrected chi connectivity index (χ0v) is 26.5. The number of nitrogens with one attached hydrogen (secondary N) is 2. The molecule has 3 aromatic heterocycles. The van der Waals surface area contributed by atoms with Crippen LogP contribution >= 0.6 is 11.3 Å². The maximum atomic E-state index is 12.8. The summed E-state index contributed by atoms with van der Waals surface area (Å²) in [4.78, 5) is 36.2. The number of anilines is 1. The maximum absolute atomic E-state index is 12.8. The van der Waals surface area contributed by atoms with Gasteiger partial charge in [-0.25, -0.2) is 14.8 Å². The minimum absolute atomic E-state index is 0.0142. The predicted molar refractivity (Wildman–Crippen MR) is 163 cm³/mol. The number of pyridine rings is 1. The number of nitrogens with zero attached hydrogens (tertiary/aromatic N) is 4. The number of rotatable bonds is 9. The summed E-state index contributed by atoms with van der Waals surface area (Å²) in [5.41, 5.74) is 2.34. The number of thiazole rings is 1. The van der Waals surface area contributed by atoms with E-state index in [9.17, 15) is 9.59 Å². The fourth-order valence-electron chi connectivity index (χ4n) is 4.52. The highest BCUT2D eigenvalue weighted by Gasteiger charge is 2.29. The van der Waals surface area contributed by atoms with Gasteiger partial charge in [-0.2, -0.15) is 0 Å². The third kappa shape index (κ3) is 7.61. The largest absolute Gasteiger partial charge is 0.444 e. The molecule has 0 unspecified atom stereocenters. The van der Waals surface area contributed by atoms with Crippen molar-refractivity contribution in [3.05, 3.63) is 29.5 Å². The highest BCUT2D eigenvalue weighted by atomic mass is 32.1. The van der Waals surface area contributed by atoms with E-state index >= 15 is 0 Å². The lowest BCUT2D eigenvalue weighted by molar-refractivity contribution is 0.0206. The molecule has 1 atom stereocenters. The van der Waals surface area contributed by atoms with E-state index in [2.05, 4.69) is 35.3 Å². The molecular formula is C28H42N6O4SSi. The van der Waals surface area contributed by atoms with Gasteiger partial charge in [-0.3, -0.25) is 4.79 Å². The molecule has 4 heterocycles. The first-order valence-electron chi connectivity index (χ1n) is 13.8. The Labute approximate surface area is 241 Å². The van der Waals surface area contributed by atoms with Crippen molar-refractivity contribution in [2.75, 3.05) is 32.1 Å². The van der Waals surface area contributed by atoms with Gasteiger partial charge in [-0.15, -0.1) is 11.3 Å². The molecule has 1 fully saturated rings. The lowest BCUT2D eigenvalue weighted by Gasteiger charge is -2.35. The van der Waals surface area contributed by atoms with Crippen LogP contribution < -0.4 is 10.6 Å². The van der Waals surface area contributed by atoms with E-state index in [1.807, 2.05) is 43.8 Å². The molecule has 1 aliphatic rings. The van der Waals surface area contributed by atoms with Crippen LogP contribution in [-0.4, -0.2) is 77.9 Å². The Balaban J connectivity index is 1.63. The Hall–Kier alpha value is -2.96. The first-order chi connectivity index (χ1) is 18.8. The van der Waals surface area contributed by atoms with Crippen LogP contribution in [0.5, 0.6) is 0 Å². The number of likely N-dealkylation sites (tertiary alicyclic amines) is 1. The van der Waals surface area contributed by atoms with E-state index in [1.54, 1.807) is 17.3 Å². The third-order valence-corrected chi connectivity index (χ3v) is 9.21. The average Bonchev–Trinajstić information content (AvgIpc) is 3.53. The van der Waals surface area contributed by atoms with Gasteiger partial charge >= 0.3 is 6.09 Å². The number of ether oxygens (including phenoxy) is 2. The van der Waals surface area contributed by atoms with Crippen LogP contribution in [0.25, 0.3) is 21.6 Å². The van der Waals surface area contributed by atoms with Crippen LogP contribution in [0.4, 0.5) is 10.5 Å². The molecule has 4 rings (SSSR count). The monoisotopic (exact) mass is 586 g/mol. The zero-order chi connectivity index (χ0) is 29.1. The molecule has 0 spiro atoms. The summed E-state index contributed by atoms with van der Waals surface area (Å²) in [5, 5.41) is 9.75. The van der Waals surface area contributed by atoms with Gasteiger partial charge in [-0.1, -0.05) is 19.6 Å². The Morgan fingerprint density at radius 1 is 1.25 bits per heavy atom. The number of carbonyl (C=O) groups excluding carboxylic acids is 2. The van der Waals surface area contributed by atoms with Crippen molar-refractivity contribution in [2.24, 2.45) is 0 Å². The molecule has 0 aliphatic carbocycles. The Bertz CT molecular complexity index is 1340. The SMILES string of the molecule is CNC(=O)c1csc(-c2cnc3c(ccn3COCC[Si](C)(C)C)c2N[C@@H]2CCCN(C(=O)OC(C)(C)C)C2)n1. The normalized spacial score (nSPS) is 16.3. The summed E-state index contributed by atoms with van der Waals surface area (Å²) < 4.78 is 13.7. The molecule has 0 bridgehead atoms. The van der Waals surface area contributed by atoms with Gasteiger partial charge in [0, 0.05) is 64.0 Å². The number of hydrogen-bond acceptors (Lipinski definition) is 8. The lowest BCUT2D eigenvalue weighted by atomic mass is 10.0. The molecule has 1 aliphatic heterocycles. The van der Waals surface area contributed by atoms with E-state index in [-0.39, 0.29) is 18.0 Å². The summed E-state index contributed by atoms with van der Waals surface area (Å²) in [6, 6.07) is 3.15. The minimum Gasteiger partial charge on any atom is -0.444 e.